The predicted octanol–water partition coefficient (Wildman–Crippen LogP) is 1.87. The van der Waals surface area contributed by atoms with Gasteiger partial charge in [0.25, 0.3) is 0 Å². The van der Waals surface area contributed by atoms with Crippen molar-refractivity contribution in [2.24, 2.45) is 0 Å². The molecule has 0 aromatic heterocycles. The lowest BCUT2D eigenvalue weighted by molar-refractivity contribution is -0.115. The highest BCUT2D eigenvalue weighted by Gasteiger charge is 2.17. The van der Waals surface area contributed by atoms with Crippen LogP contribution in [0, 0.1) is 0 Å². The van der Waals surface area contributed by atoms with Crippen LogP contribution in [0.3, 0.4) is 0 Å². The Morgan fingerprint density at radius 2 is 1.79 bits per heavy atom. The van der Waals surface area contributed by atoms with Crippen LogP contribution in [0.1, 0.15) is 25.7 Å². The first-order valence-corrected chi connectivity index (χ1v) is 6.63. The van der Waals surface area contributed by atoms with Crippen LogP contribution in [0.4, 0.5) is 10.5 Å². The standard InChI is InChI=1S/C14H19N3O2/c18-13(16-11-6-2-1-3-7-11)10-15-14(19)17-12-8-4-5-9-12/h1-3,6-7,12H,4-5,8-10H2,(H,16,18)(H2,15,17,19). The average Bonchev–Trinajstić information content (AvgIpc) is 2.90. The van der Waals surface area contributed by atoms with Crippen molar-refractivity contribution in [2.75, 3.05) is 11.9 Å². The monoisotopic (exact) mass is 261 g/mol. The van der Waals surface area contributed by atoms with Gasteiger partial charge in [0.15, 0.2) is 0 Å². The number of carbonyl (C=O) groups is 2. The molecule has 102 valence electrons. The molecule has 1 aromatic rings. The third-order valence-corrected chi connectivity index (χ3v) is 3.16. The Labute approximate surface area is 112 Å². The average molecular weight is 261 g/mol. The van der Waals surface area contributed by atoms with Crippen LogP contribution in [-0.4, -0.2) is 24.5 Å². The van der Waals surface area contributed by atoms with Crippen LogP contribution in [-0.2, 0) is 4.79 Å². The van der Waals surface area contributed by atoms with Crippen LogP contribution in [0.2, 0.25) is 0 Å². The van der Waals surface area contributed by atoms with E-state index in [0.717, 1.165) is 18.5 Å². The number of anilines is 1. The molecule has 0 aliphatic heterocycles. The van der Waals surface area contributed by atoms with Crippen molar-refractivity contribution in [2.45, 2.75) is 31.7 Å². The molecule has 1 saturated carbocycles. The van der Waals surface area contributed by atoms with Crippen molar-refractivity contribution in [3.05, 3.63) is 30.3 Å². The van der Waals surface area contributed by atoms with Crippen molar-refractivity contribution >= 4 is 17.6 Å². The van der Waals surface area contributed by atoms with Crippen molar-refractivity contribution < 1.29 is 9.59 Å². The molecular formula is C14H19N3O2. The number of hydrogen-bond acceptors (Lipinski definition) is 2. The number of carbonyl (C=O) groups excluding carboxylic acids is 2. The van der Waals surface area contributed by atoms with Gasteiger partial charge in [0.05, 0.1) is 6.54 Å². The topological polar surface area (TPSA) is 70.2 Å². The van der Waals surface area contributed by atoms with Gasteiger partial charge in [-0.25, -0.2) is 4.79 Å². The molecular weight excluding hydrogens is 242 g/mol. The lowest BCUT2D eigenvalue weighted by atomic mass is 10.2. The first-order chi connectivity index (χ1) is 9.24. The van der Waals surface area contributed by atoms with Crippen molar-refractivity contribution in [3.63, 3.8) is 0 Å². The quantitative estimate of drug-likeness (QED) is 0.774. The molecule has 0 radical (unpaired) electrons. The minimum Gasteiger partial charge on any atom is -0.335 e. The minimum absolute atomic E-state index is 0.0204. The van der Waals surface area contributed by atoms with E-state index in [1.54, 1.807) is 12.1 Å². The van der Waals surface area contributed by atoms with E-state index in [1.165, 1.54) is 12.8 Å². The summed E-state index contributed by atoms with van der Waals surface area (Å²) >= 11 is 0. The second-order valence-corrected chi connectivity index (χ2v) is 4.72. The van der Waals surface area contributed by atoms with E-state index in [-0.39, 0.29) is 24.5 Å². The Morgan fingerprint density at radius 1 is 1.11 bits per heavy atom. The van der Waals surface area contributed by atoms with Gasteiger partial charge < -0.3 is 16.0 Å². The summed E-state index contributed by atoms with van der Waals surface area (Å²) in [4.78, 5) is 23.2. The van der Waals surface area contributed by atoms with Crippen molar-refractivity contribution in [1.82, 2.24) is 10.6 Å². The van der Waals surface area contributed by atoms with E-state index >= 15 is 0 Å². The van der Waals surface area contributed by atoms with Gasteiger partial charge in [-0.15, -0.1) is 0 Å². The summed E-state index contributed by atoms with van der Waals surface area (Å²) < 4.78 is 0. The molecule has 3 N–H and O–H groups in total. The molecule has 2 rings (SSSR count). The van der Waals surface area contributed by atoms with E-state index in [1.807, 2.05) is 18.2 Å². The highest BCUT2D eigenvalue weighted by atomic mass is 16.2. The summed E-state index contributed by atoms with van der Waals surface area (Å²) in [5.41, 5.74) is 0.727. The third-order valence-electron chi connectivity index (χ3n) is 3.16. The van der Waals surface area contributed by atoms with Crippen LogP contribution in [0.15, 0.2) is 30.3 Å². The van der Waals surface area contributed by atoms with Crippen LogP contribution in [0.5, 0.6) is 0 Å². The molecule has 0 spiro atoms. The maximum absolute atomic E-state index is 11.6. The molecule has 5 heteroatoms. The van der Waals surface area contributed by atoms with Gasteiger partial charge in [0, 0.05) is 11.7 Å². The molecule has 1 aromatic carbocycles. The number of rotatable bonds is 4. The highest BCUT2D eigenvalue weighted by molar-refractivity contribution is 5.94. The summed E-state index contributed by atoms with van der Waals surface area (Å²) in [7, 11) is 0. The molecule has 0 heterocycles. The molecule has 1 aliphatic rings. The lowest BCUT2D eigenvalue weighted by Crippen LogP contribution is -2.43. The summed E-state index contributed by atoms with van der Waals surface area (Å²) in [5.74, 6) is -0.229. The lowest BCUT2D eigenvalue weighted by Gasteiger charge is -2.12. The first kappa shape index (κ1) is 13.4. The predicted molar refractivity (Wildman–Crippen MR) is 73.9 cm³/mol. The Balaban J connectivity index is 1.67. The Morgan fingerprint density at radius 3 is 2.47 bits per heavy atom. The summed E-state index contributed by atoms with van der Waals surface area (Å²) in [6.45, 7) is -0.0204. The van der Waals surface area contributed by atoms with E-state index in [0.29, 0.717) is 0 Å². The number of amides is 3. The van der Waals surface area contributed by atoms with Gasteiger partial charge in [-0.2, -0.15) is 0 Å². The zero-order valence-corrected chi connectivity index (χ0v) is 10.8. The van der Waals surface area contributed by atoms with Gasteiger partial charge in [-0.3, -0.25) is 4.79 Å². The summed E-state index contributed by atoms with van der Waals surface area (Å²) in [6, 6.07) is 9.16. The van der Waals surface area contributed by atoms with E-state index < -0.39 is 0 Å². The number of urea groups is 1. The molecule has 3 amide bonds. The van der Waals surface area contributed by atoms with Gasteiger partial charge in [-0.1, -0.05) is 31.0 Å². The zero-order valence-electron chi connectivity index (χ0n) is 10.8. The van der Waals surface area contributed by atoms with Crippen LogP contribution < -0.4 is 16.0 Å². The van der Waals surface area contributed by atoms with Crippen LogP contribution >= 0.6 is 0 Å². The van der Waals surface area contributed by atoms with Crippen molar-refractivity contribution in [3.8, 4) is 0 Å². The van der Waals surface area contributed by atoms with Gasteiger partial charge in [0.1, 0.15) is 0 Å². The zero-order chi connectivity index (χ0) is 13.5. The number of benzene rings is 1. The minimum atomic E-state index is -0.268. The number of nitrogens with one attached hydrogen (secondary N) is 3. The normalized spacial score (nSPS) is 14.9. The number of para-hydroxylation sites is 1. The fourth-order valence-corrected chi connectivity index (χ4v) is 2.19. The van der Waals surface area contributed by atoms with E-state index in [2.05, 4.69) is 16.0 Å². The van der Waals surface area contributed by atoms with E-state index in [9.17, 15) is 9.59 Å². The fraction of sp³-hybridized carbons (Fsp3) is 0.429. The Hall–Kier alpha value is -2.04. The van der Waals surface area contributed by atoms with Gasteiger partial charge in [-0.05, 0) is 25.0 Å². The molecule has 1 aliphatic carbocycles. The third kappa shape index (κ3) is 4.62. The largest absolute Gasteiger partial charge is 0.335 e. The molecule has 5 nitrogen and oxygen atoms in total. The summed E-state index contributed by atoms with van der Waals surface area (Å²) in [6.07, 6.45) is 4.39. The smallest absolute Gasteiger partial charge is 0.315 e. The SMILES string of the molecule is O=C(CNC(=O)NC1CCCC1)Nc1ccccc1. The fourth-order valence-electron chi connectivity index (χ4n) is 2.19. The maximum atomic E-state index is 11.6. The second-order valence-electron chi connectivity index (χ2n) is 4.72. The number of hydrogen-bond donors (Lipinski definition) is 3. The molecule has 1 fully saturated rings. The first-order valence-electron chi connectivity index (χ1n) is 6.63. The van der Waals surface area contributed by atoms with E-state index in [4.69, 9.17) is 0 Å². The Kier molecular flexibility index (Phi) is 4.78. The van der Waals surface area contributed by atoms with Gasteiger partial charge >= 0.3 is 6.03 Å². The van der Waals surface area contributed by atoms with Gasteiger partial charge in [0.2, 0.25) is 5.91 Å². The summed E-state index contributed by atoms with van der Waals surface area (Å²) in [5, 5.41) is 8.14. The molecule has 0 saturated heterocycles. The van der Waals surface area contributed by atoms with Crippen molar-refractivity contribution in [1.29, 1.82) is 0 Å². The molecule has 0 atom stereocenters. The van der Waals surface area contributed by atoms with Crippen LogP contribution in [0.25, 0.3) is 0 Å². The molecule has 0 unspecified atom stereocenters. The highest BCUT2D eigenvalue weighted by Crippen LogP contribution is 2.17. The molecule has 19 heavy (non-hydrogen) atoms. The maximum Gasteiger partial charge on any atom is 0.315 e. The Bertz CT molecular complexity index is 428. The molecule has 0 bridgehead atoms. The second kappa shape index (κ2) is 6.78.